The number of benzene rings is 1. The largest absolute Gasteiger partial charge is 0.497 e. The summed E-state index contributed by atoms with van der Waals surface area (Å²) in [6.45, 7) is 1.01. The SMILES string of the molecule is COc1ccc(C2=CCN[C@H](CO)C2)cc1. The van der Waals surface area contributed by atoms with Gasteiger partial charge in [0.15, 0.2) is 0 Å². The molecule has 86 valence electrons. The molecule has 0 unspecified atom stereocenters. The minimum Gasteiger partial charge on any atom is -0.497 e. The first-order chi connectivity index (χ1) is 7.83. The van der Waals surface area contributed by atoms with Crippen LogP contribution in [0.1, 0.15) is 12.0 Å². The zero-order chi connectivity index (χ0) is 11.4. The standard InChI is InChI=1S/C13H17NO2/c1-16-13-4-2-10(3-5-13)11-6-7-14-12(8-11)9-15/h2-6,12,14-15H,7-9H2,1H3/t12-/m0/s1. The molecule has 3 heteroatoms. The molecule has 0 aliphatic carbocycles. The van der Waals surface area contributed by atoms with Crippen molar-refractivity contribution < 1.29 is 9.84 Å². The summed E-state index contributed by atoms with van der Waals surface area (Å²) in [5.41, 5.74) is 2.50. The summed E-state index contributed by atoms with van der Waals surface area (Å²) >= 11 is 0. The number of hydrogen-bond donors (Lipinski definition) is 2. The quantitative estimate of drug-likeness (QED) is 0.808. The molecular formula is C13H17NO2. The van der Waals surface area contributed by atoms with Gasteiger partial charge >= 0.3 is 0 Å². The average Bonchev–Trinajstić information content (AvgIpc) is 2.39. The summed E-state index contributed by atoms with van der Waals surface area (Å²) in [6, 6.07) is 8.23. The highest BCUT2D eigenvalue weighted by Crippen LogP contribution is 2.24. The lowest BCUT2D eigenvalue weighted by Crippen LogP contribution is -2.35. The van der Waals surface area contributed by atoms with E-state index in [0.717, 1.165) is 18.7 Å². The third-order valence-electron chi connectivity index (χ3n) is 2.90. The molecule has 2 rings (SSSR count). The van der Waals surface area contributed by atoms with E-state index in [0.29, 0.717) is 0 Å². The van der Waals surface area contributed by atoms with Crippen molar-refractivity contribution >= 4 is 5.57 Å². The number of hydrogen-bond acceptors (Lipinski definition) is 3. The van der Waals surface area contributed by atoms with E-state index >= 15 is 0 Å². The highest BCUT2D eigenvalue weighted by molar-refractivity contribution is 5.67. The van der Waals surface area contributed by atoms with E-state index in [2.05, 4.69) is 23.5 Å². The van der Waals surface area contributed by atoms with Crippen molar-refractivity contribution in [2.45, 2.75) is 12.5 Å². The summed E-state index contributed by atoms with van der Waals surface area (Å²) in [7, 11) is 1.67. The van der Waals surface area contributed by atoms with Gasteiger partial charge in [-0.15, -0.1) is 0 Å². The Morgan fingerprint density at radius 2 is 2.12 bits per heavy atom. The Morgan fingerprint density at radius 3 is 2.75 bits per heavy atom. The lowest BCUT2D eigenvalue weighted by Gasteiger charge is -2.22. The Balaban J connectivity index is 2.14. The number of nitrogens with one attached hydrogen (secondary N) is 1. The molecule has 2 N–H and O–H groups in total. The first kappa shape index (κ1) is 11.2. The molecule has 0 saturated heterocycles. The van der Waals surface area contributed by atoms with Crippen LogP contribution in [-0.4, -0.2) is 31.4 Å². The maximum absolute atomic E-state index is 9.13. The average molecular weight is 219 g/mol. The maximum atomic E-state index is 9.13. The van der Waals surface area contributed by atoms with Crippen LogP contribution in [0.4, 0.5) is 0 Å². The van der Waals surface area contributed by atoms with Gasteiger partial charge in [-0.2, -0.15) is 0 Å². The van der Waals surface area contributed by atoms with Crippen molar-refractivity contribution in [2.24, 2.45) is 0 Å². The van der Waals surface area contributed by atoms with E-state index < -0.39 is 0 Å². The van der Waals surface area contributed by atoms with Crippen LogP contribution < -0.4 is 10.1 Å². The van der Waals surface area contributed by atoms with Crippen molar-refractivity contribution in [3.8, 4) is 5.75 Å². The highest BCUT2D eigenvalue weighted by Gasteiger charge is 2.14. The molecule has 0 saturated carbocycles. The monoisotopic (exact) mass is 219 g/mol. The van der Waals surface area contributed by atoms with Gasteiger partial charge in [0.1, 0.15) is 5.75 Å². The van der Waals surface area contributed by atoms with Crippen LogP contribution in [0.25, 0.3) is 5.57 Å². The van der Waals surface area contributed by atoms with Gasteiger partial charge in [-0.1, -0.05) is 18.2 Å². The van der Waals surface area contributed by atoms with E-state index in [-0.39, 0.29) is 12.6 Å². The van der Waals surface area contributed by atoms with Crippen molar-refractivity contribution in [3.05, 3.63) is 35.9 Å². The first-order valence-electron chi connectivity index (χ1n) is 5.51. The van der Waals surface area contributed by atoms with Gasteiger partial charge in [-0.3, -0.25) is 0 Å². The van der Waals surface area contributed by atoms with Gasteiger partial charge in [0.2, 0.25) is 0 Å². The van der Waals surface area contributed by atoms with E-state index in [1.165, 1.54) is 11.1 Å². The molecule has 1 heterocycles. The second kappa shape index (κ2) is 5.14. The smallest absolute Gasteiger partial charge is 0.118 e. The van der Waals surface area contributed by atoms with Crippen LogP contribution in [-0.2, 0) is 0 Å². The van der Waals surface area contributed by atoms with Crippen LogP contribution in [0.3, 0.4) is 0 Å². The van der Waals surface area contributed by atoms with Crippen LogP contribution in [0, 0.1) is 0 Å². The van der Waals surface area contributed by atoms with E-state index in [4.69, 9.17) is 9.84 Å². The molecule has 0 spiro atoms. The molecule has 0 radical (unpaired) electrons. The molecule has 1 atom stereocenters. The number of ether oxygens (including phenoxy) is 1. The molecule has 1 aromatic carbocycles. The van der Waals surface area contributed by atoms with Gasteiger partial charge in [0, 0.05) is 12.6 Å². The Morgan fingerprint density at radius 1 is 1.38 bits per heavy atom. The second-order valence-electron chi connectivity index (χ2n) is 3.95. The Labute approximate surface area is 95.7 Å². The number of aliphatic hydroxyl groups excluding tert-OH is 1. The zero-order valence-corrected chi connectivity index (χ0v) is 9.44. The predicted molar refractivity (Wildman–Crippen MR) is 64.5 cm³/mol. The summed E-state index contributed by atoms with van der Waals surface area (Å²) in [5, 5.41) is 12.4. The molecule has 3 nitrogen and oxygen atoms in total. The fraction of sp³-hybridized carbons (Fsp3) is 0.385. The van der Waals surface area contributed by atoms with Crippen molar-refractivity contribution in [1.82, 2.24) is 5.32 Å². The summed E-state index contributed by atoms with van der Waals surface area (Å²) in [5.74, 6) is 0.872. The van der Waals surface area contributed by atoms with Crippen LogP contribution in [0.5, 0.6) is 5.75 Å². The van der Waals surface area contributed by atoms with Crippen LogP contribution >= 0.6 is 0 Å². The van der Waals surface area contributed by atoms with Gasteiger partial charge in [0.05, 0.1) is 13.7 Å². The molecule has 1 aliphatic heterocycles. The highest BCUT2D eigenvalue weighted by atomic mass is 16.5. The maximum Gasteiger partial charge on any atom is 0.118 e. The summed E-state index contributed by atoms with van der Waals surface area (Å²) in [4.78, 5) is 0. The Hall–Kier alpha value is -1.32. The van der Waals surface area contributed by atoms with Gasteiger partial charge < -0.3 is 15.2 Å². The van der Waals surface area contributed by atoms with E-state index in [1.54, 1.807) is 7.11 Å². The van der Waals surface area contributed by atoms with Crippen molar-refractivity contribution in [2.75, 3.05) is 20.3 Å². The molecule has 0 fully saturated rings. The summed E-state index contributed by atoms with van der Waals surface area (Å²) < 4.78 is 5.13. The Kier molecular flexibility index (Phi) is 3.59. The zero-order valence-electron chi connectivity index (χ0n) is 9.44. The molecule has 0 aromatic heterocycles. The molecule has 1 aromatic rings. The van der Waals surface area contributed by atoms with Gasteiger partial charge in [-0.05, 0) is 29.7 Å². The fourth-order valence-electron chi connectivity index (χ4n) is 1.94. The van der Waals surface area contributed by atoms with Gasteiger partial charge in [0.25, 0.3) is 0 Å². The van der Waals surface area contributed by atoms with Crippen molar-refractivity contribution in [1.29, 1.82) is 0 Å². The number of rotatable bonds is 3. The van der Waals surface area contributed by atoms with E-state index in [1.807, 2.05) is 12.1 Å². The second-order valence-corrected chi connectivity index (χ2v) is 3.95. The minimum absolute atomic E-state index is 0.183. The minimum atomic E-state index is 0.183. The third-order valence-corrected chi connectivity index (χ3v) is 2.90. The number of aliphatic hydroxyl groups is 1. The molecular weight excluding hydrogens is 202 g/mol. The molecule has 16 heavy (non-hydrogen) atoms. The van der Waals surface area contributed by atoms with E-state index in [9.17, 15) is 0 Å². The van der Waals surface area contributed by atoms with Crippen LogP contribution in [0.2, 0.25) is 0 Å². The molecule has 0 amide bonds. The first-order valence-corrected chi connectivity index (χ1v) is 5.51. The van der Waals surface area contributed by atoms with Crippen LogP contribution in [0.15, 0.2) is 30.3 Å². The predicted octanol–water partition coefficient (Wildman–Crippen LogP) is 1.43. The topological polar surface area (TPSA) is 41.5 Å². The number of methoxy groups -OCH3 is 1. The lowest BCUT2D eigenvalue weighted by atomic mass is 9.96. The third kappa shape index (κ3) is 2.43. The normalized spacial score (nSPS) is 20.4. The van der Waals surface area contributed by atoms with Crippen molar-refractivity contribution in [3.63, 3.8) is 0 Å². The lowest BCUT2D eigenvalue weighted by molar-refractivity contribution is 0.245. The molecule has 0 bridgehead atoms. The Bertz CT molecular complexity index is 370. The molecule has 1 aliphatic rings. The fourth-order valence-corrected chi connectivity index (χ4v) is 1.94. The van der Waals surface area contributed by atoms with Gasteiger partial charge in [-0.25, -0.2) is 0 Å². The summed E-state index contributed by atoms with van der Waals surface area (Å²) in [6.07, 6.45) is 3.05.